The van der Waals surface area contributed by atoms with Gasteiger partial charge in [-0.2, -0.15) is 0 Å². The molecular weight excluding hydrogens is 339 g/mol. The second-order valence-corrected chi connectivity index (χ2v) is 5.07. The molecule has 0 atom stereocenters. The lowest BCUT2D eigenvalue weighted by Crippen LogP contribution is -2.13. The second-order valence-electron chi connectivity index (χ2n) is 3.42. The highest BCUT2D eigenvalue weighted by molar-refractivity contribution is 9.10. The molecule has 1 heterocycles. The maximum absolute atomic E-state index is 12.0. The highest BCUT2D eigenvalue weighted by Gasteiger charge is 2.12. The predicted octanol–water partition coefficient (Wildman–Crippen LogP) is 4.40. The van der Waals surface area contributed by atoms with Gasteiger partial charge in [-0.05, 0) is 46.3 Å². The summed E-state index contributed by atoms with van der Waals surface area (Å²) in [5.74, 6) is -0.337. The van der Waals surface area contributed by atoms with Gasteiger partial charge in [-0.1, -0.05) is 23.2 Å². The molecule has 0 aliphatic heterocycles. The number of amides is 1. The molecule has 1 amide bonds. The van der Waals surface area contributed by atoms with Crippen molar-refractivity contribution in [3.8, 4) is 0 Å². The van der Waals surface area contributed by atoms with Crippen molar-refractivity contribution in [1.29, 1.82) is 0 Å². The molecule has 2 aromatic rings. The minimum Gasteiger partial charge on any atom is -0.321 e. The molecule has 1 aromatic heterocycles. The van der Waals surface area contributed by atoms with E-state index in [-0.39, 0.29) is 11.1 Å². The van der Waals surface area contributed by atoms with Crippen LogP contribution in [0.25, 0.3) is 0 Å². The predicted molar refractivity (Wildman–Crippen MR) is 76.4 cm³/mol. The minimum atomic E-state index is -0.337. The van der Waals surface area contributed by atoms with Crippen LogP contribution in [0.2, 0.25) is 10.2 Å². The topological polar surface area (TPSA) is 42.0 Å². The van der Waals surface area contributed by atoms with Crippen molar-refractivity contribution in [2.75, 3.05) is 5.32 Å². The highest BCUT2D eigenvalue weighted by atomic mass is 79.9. The number of carbonyl (C=O) groups excluding carboxylic acids is 1. The fourth-order valence-corrected chi connectivity index (χ4v) is 2.06. The Hall–Kier alpha value is -1.10. The van der Waals surface area contributed by atoms with Gasteiger partial charge in [0, 0.05) is 15.7 Å². The molecular formula is C12H7BrCl2N2O. The number of nitrogens with zero attached hydrogens (tertiary/aromatic N) is 1. The van der Waals surface area contributed by atoms with Crippen LogP contribution in [0.1, 0.15) is 10.4 Å². The van der Waals surface area contributed by atoms with E-state index < -0.39 is 0 Å². The largest absolute Gasteiger partial charge is 0.321 e. The Morgan fingerprint density at radius 1 is 1.28 bits per heavy atom. The van der Waals surface area contributed by atoms with Crippen molar-refractivity contribution in [3.63, 3.8) is 0 Å². The smallest absolute Gasteiger partial charge is 0.258 e. The molecule has 0 aliphatic carbocycles. The maximum Gasteiger partial charge on any atom is 0.258 e. The summed E-state index contributed by atoms with van der Waals surface area (Å²) in [5.41, 5.74) is 0.887. The van der Waals surface area contributed by atoms with Crippen molar-refractivity contribution in [2.24, 2.45) is 0 Å². The Morgan fingerprint density at radius 3 is 2.78 bits per heavy atom. The molecule has 0 saturated carbocycles. The zero-order valence-electron chi connectivity index (χ0n) is 8.95. The monoisotopic (exact) mass is 344 g/mol. The molecule has 2 rings (SSSR count). The lowest BCUT2D eigenvalue weighted by Gasteiger charge is -2.08. The zero-order valence-corrected chi connectivity index (χ0v) is 12.1. The van der Waals surface area contributed by atoms with Crippen LogP contribution in [0.5, 0.6) is 0 Å². The van der Waals surface area contributed by atoms with Crippen molar-refractivity contribution in [3.05, 3.63) is 56.7 Å². The first-order chi connectivity index (χ1) is 8.58. The molecule has 1 N–H and O–H groups in total. The van der Waals surface area contributed by atoms with Crippen molar-refractivity contribution >= 4 is 50.7 Å². The van der Waals surface area contributed by atoms with Gasteiger partial charge in [0.1, 0.15) is 5.15 Å². The van der Waals surface area contributed by atoms with Crippen LogP contribution in [0.4, 0.5) is 5.69 Å². The number of pyridine rings is 1. The highest BCUT2D eigenvalue weighted by Crippen LogP contribution is 2.26. The van der Waals surface area contributed by atoms with Crippen molar-refractivity contribution in [1.82, 2.24) is 4.98 Å². The van der Waals surface area contributed by atoms with E-state index in [1.165, 1.54) is 6.20 Å². The normalized spacial score (nSPS) is 10.2. The van der Waals surface area contributed by atoms with E-state index in [0.717, 1.165) is 4.47 Å². The Balaban J connectivity index is 2.27. The van der Waals surface area contributed by atoms with Crippen LogP contribution in [0, 0.1) is 0 Å². The summed E-state index contributed by atoms with van der Waals surface area (Å²) in [7, 11) is 0. The molecule has 0 fully saturated rings. The van der Waals surface area contributed by atoms with E-state index in [2.05, 4.69) is 26.2 Å². The number of hydrogen-bond donors (Lipinski definition) is 1. The van der Waals surface area contributed by atoms with Gasteiger partial charge in [-0.15, -0.1) is 0 Å². The van der Waals surface area contributed by atoms with E-state index in [1.54, 1.807) is 30.3 Å². The average molecular weight is 346 g/mol. The van der Waals surface area contributed by atoms with Gasteiger partial charge in [0.25, 0.3) is 5.91 Å². The first-order valence-electron chi connectivity index (χ1n) is 4.95. The Kier molecular flexibility index (Phi) is 4.22. The molecule has 0 unspecified atom stereocenters. The molecule has 6 heteroatoms. The quantitative estimate of drug-likeness (QED) is 0.819. The minimum absolute atomic E-state index is 0.160. The van der Waals surface area contributed by atoms with Crippen LogP contribution in [-0.2, 0) is 0 Å². The van der Waals surface area contributed by atoms with Gasteiger partial charge in [0.05, 0.1) is 11.3 Å². The number of benzene rings is 1. The standard InChI is InChI=1S/C12H7BrCl2N2O/c13-9-4-3-7(14)6-10(9)17-12(18)8-2-1-5-16-11(8)15/h1-6H,(H,17,18). The summed E-state index contributed by atoms with van der Waals surface area (Å²) in [5, 5.41) is 3.41. The maximum atomic E-state index is 12.0. The molecule has 0 radical (unpaired) electrons. The first kappa shape index (κ1) is 13.3. The number of rotatable bonds is 2. The first-order valence-corrected chi connectivity index (χ1v) is 6.50. The lowest BCUT2D eigenvalue weighted by atomic mass is 10.2. The van der Waals surface area contributed by atoms with Gasteiger partial charge in [-0.25, -0.2) is 4.98 Å². The summed E-state index contributed by atoms with van der Waals surface area (Å²) in [6.45, 7) is 0. The van der Waals surface area contributed by atoms with Gasteiger partial charge in [0.2, 0.25) is 0 Å². The van der Waals surface area contributed by atoms with Crippen LogP contribution >= 0.6 is 39.1 Å². The third kappa shape index (κ3) is 3.02. The Morgan fingerprint density at radius 2 is 2.06 bits per heavy atom. The van der Waals surface area contributed by atoms with Crippen LogP contribution < -0.4 is 5.32 Å². The fourth-order valence-electron chi connectivity index (χ4n) is 1.34. The van der Waals surface area contributed by atoms with Gasteiger partial charge < -0.3 is 5.32 Å². The summed E-state index contributed by atoms with van der Waals surface area (Å²) in [6, 6.07) is 8.37. The number of anilines is 1. The average Bonchev–Trinajstić information content (AvgIpc) is 2.34. The van der Waals surface area contributed by atoms with Crippen LogP contribution in [-0.4, -0.2) is 10.9 Å². The summed E-state index contributed by atoms with van der Waals surface area (Å²) >= 11 is 15.0. The number of hydrogen-bond acceptors (Lipinski definition) is 2. The lowest BCUT2D eigenvalue weighted by molar-refractivity contribution is 0.102. The molecule has 3 nitrogen and oxygen atoms in total. The van der Waals surface area contributed by atoms with Crippen LogP contribution in [0.3, 0.4) is 0 Å². The zero-order chi connectivity index (χ0) is 13.1. The third-order valence-electron chi connectivity index (χ3n) is 2.18. The van der Waals surface area contributed by atoms with Crippen molar-refractivity contribution < 1.29 is 4.79 Å². The van der Waals surface area contributed by atoms with Gasteiger partial charge in [0.15, 0.2) is 0 Å². The van der Waals surface area contributed by atoms with Gasteiger partial charge in [-0.3, -0.25) is 4.79 Å². The van der Waals surface area contributed by atoms with Crippen LogP contribution in [0.15, 0.2) is 41.0 Å². The Bertz CT molecular complexity index is 604. The van der Waals surface area contributed by atoms with E-state index in [9.17, 15) is 4.79 Å². The molecule has 18 heavy (non-hydrogen) atoms. The number of carbonyl (C=O) groups is 1. The molecule has 0 saturated heterocycles. The van der Waals surface area contributed by atoms with E-state index in [1.807, 2.05) is 0 Å². The SMILES string of the molecule is O=C(Nc1cc(Cl)ccc1Br)c1cccnc1Cl. The molecule has 1 aromatic carbocycles. The van der Waals surface area contributed by atoms with E-state index >= 15 is 0 Å². The van der Waals surface area contributed by atoms with Gasteiger partial charge >= 0.3 is 0 Å². The van der Waals surface area contributed by atoms with E-state index in [4.69, 9.17) is 23.2 Å². The molecule has 0 spiro atoms. The molecule has 0 aliphatic rings. The Labute approximate surface area is 122 Å². The summed E-state index contributed by atoms with van der Waals surface area (Å²) in [6.07, 6.45) is 1.52. The van der Waals surface area contributed by atoms with Crippen molar-refractivity contribution in [2.45, 2.75) is 0 Å². The van der Waals surface area contributed by atoms with E-state index in [0.29, 0.717) is 16.3 Å². The second kappa shape index (κ2) is 5.69. The summed E-state index contributed by atoms with van der Waals surface area (Å²) in [4.78, 5) is 15.8. The number of aromatic nitrogens is 1. The number of nitrogens with one attached hydrogen (secondary N) is 1. The molecule has 0 bridgehead atoms. The third-order valence-corrected chi connectivity index (χ3v) is 3.41. The molecule has 92 valence electrons. The summed E-state index contributed by atoms with van der Waals surface area (Å²) < 4.78 is 0.736. The number of halogens is 3. The fraction of sp³-hybridized carbons (Fsp3) is 0.